The Kier molecular flexibility index (Phi) is 9.27. The minimum atomic E-state index is -0.847. The molecule has 0 bridgehead atoms. The van der Waals surface area contributed by atoms with E-state index in [1.807, 2.05) is 13.0 Å². The molecular weight excluding hydrogens is 467 g/mol. The van der Waals surface area contributed by atoms with Crippen LogP contribution in [-0.2, 0) is 0 Å². The standard InChI is InChI=1S/C19H23F2N3O2.HI/c1-12(13-5-7-15(20)16(21)9-13)11-23-19(22-2)24-14-6-8-17(25-3)18(10-14)26-4;/h5-10,12H,11H2,1-4H3,(H2,22,23,24);1H. The second-order valence-electron chi connectivity index (χ2n) is 5.72. The average molecular weight is 491 g/mol. The lowest BCUT2D eigenvalue weighted by Crippen LogP contribution is -2.33. The van der Waals surface area contributed by atoms with E-state index in [4.69, 9.17) is 9.47 Å². The third-order valence-electron chi connectivity index (χ3n) is 3.96. The number of benzene rings is 2. The predicted molar refractivity (Wildman–Crippen MR) is 115 cm³/mol. The molecule has 2 aromatic carbocycles. The number of nitrogens with one attached hydrogen (secondary N) is 2. The summed E-state index contributed by atoms with van der Waals surface area (Å²) in [5.41, 5.74) is 1.48. The fourth-order valence-corrected chi connectivity index (χ4v) is 2.42. The Morgan fingerprint density at radius 3 is 2.33 bits per heavy atom. The van der Waals surface area contributed by atoms with Crippen LogP contribution < -0.4 is 20.1 Å². The molecule has 2 rings (SSSR count). The molecule has 0 aliphatic carbocycles. The van der Waals surface area contributed by atoms with Gasteiger partial charge in [-0.1, -0.05) is 13.0 Å². The van der Waals surface area contributed by atoms with E-state index >= 15 is 0 Å². The maximum absolute atomic E-state index is 13.4. The monoisotopic (exact) mass is 491 g/mol. The zero-order chi connectivity index (χ0) is 19.1. The topological polar surface area (TPSA) is 54.9 Å². The number of hydrogen-bond acceptors (Lipinski definition) is 3. The second kappa shape index (κ2) is 10.9. The van der Waals surface area contributed by atoms with E-state index in [1.54, 1.807) is 39.5 Å². The van der Waals surface area contributed by atoms with E-state index in [0.717, 1.165) is 11.8 Å². The second-order valence-corrected chi connectivity index (χ2v) is 5.72. The Hall–Kier alpha value is -2.10. The van der Waals surface area contributed by atoms with E-state index in [9.17, 15) is 8.78 Å². The molecule has 1 atom stereocenters. The zero-order valence-electron chi connectivity index (χ0n) is 15.7. The molecule has 5 nitrogen and oxygen atoms in total. The van der Waals surface area contributed by atoms with E-state index in [0.29, 0.717) is 29.6 Å². The Morgan fingerprint density at radius 2 is 1.74 bits per heavy atom. The van der Waals surface area contributed by atoms with Crippen LogP contribution in [0.15, 0.2) is 41.4 Å². The number of rotatable bonds is 6. The summed E-state index contributed by atoms with van der Waals surface area (Å²) in [6, 6.07) is 9.36. The van der Waals surface area contributed by atoms with E-state index < -0.39 is 11.6 Å². The fraction of sp³-hybridized carbons (Fsp3) is 0.316. The highest BCUT2D eigenvalue weighted by molar-refractivity contribution is 14.0. The summed E-state index contributed by atoms with van der Waals surface area (Å²) >= 11 is 0. The summed E-state index contributed by atoms with van der Waals surface area (Å²) in [7, 11) is 4.79. The number of ether oxygens (including phenoxy) is 2. The maximum atomic E-state index is 13.4. The van der Waals surface area contributed by atoms with Crippen LogP contribution in [0.3, 0.4) is 0 Å². The Bertz CT molecular complexity index is 788. The molecule has 0 saturated carbocycles. The number of aliphatic imine (C=N–C) groups is 1. The molecule has 0 aliphatic heterocycles. The highest BCUT2D eigenvalue weighted by atomic mass is 127. The normalized spacial score (nSPS) is 12.0. The first-order valence-corrected chi connectivity index (χ1v) is 8.13. The first kappa shape index (κ1) is 22.9. The van der Waals surface area contributed by atoms with Crippen LogP contribution >= 0.6 is 24.0 Å². The van der Waals surface area contributed by atoms with E-state index in [1.165, 1.54) is 6.07 Å². The molecule has 148 valence electrons. The number of guanidine groups is 1. The van der Waals surface area contributed by atoms with Crippen molar-refractivity contribution in [1.82, 2.24) is 5.32 Å². The van der Waals surface area contributed by atoms with Crippen molar-refractivity contribution in [3.63, 3.8) is 0 Å². The van der Waals surface area contributed by atoms with Crippen molar-refractivity contribution < 1.29 is 18.3 Å². The Balaban J connectivity index is 0.00000364. The van der Waals surface area contributed by atoms with Gasteiger partial charge in [0.2, 0.25) is 0 Å². The van der Waals surface area contributed by atoms with Crippen molar-refractivity contribution in [3.8, 4) is 11.5 Å². The molecule has 2 N–H and O–H groups in total. The molecule has 0 aromatic heterocycles. The lowest BCUT2D eigenvalue weighted by atomic mass is 10.0. The molecule has 0 aliphatic rings. The van der Waals surface area contributed by atoms with Crippen LogP contribution in [0.4, 0.5) is 14.5 Å². The zero-order valence-corrected chi connectivity index (χ0v) is 18.0. The molecular formula is C19H24F2IN3O2. The summed E-state index contributed by atoms with van der Waals surface area (Å²) in [6.45, 7) is 2.42. The summed E-state index contributed by atoms with van der Waals surface area (Å²) in [4.78, 5) is 4.17. The van der Waals surface area contributed by atoms with Crippen LogP contribution in [-0.4, -0.2) is 33.8 Å². The average Bonchev–Trinajstić information content (AvgIpc) is 2.66. The molecule has 1 unspecified atom stereocenters. The molecule has 0 radical (unpaired) electrons. The lowest BCUT2D eigenvalue weighted by molar-refractivity contribution is 0.355. The van der Waals surface area contributed by atoms with Gasteiger partial charge in [0.05, 0.1) is 14.2 Å². The van der Waals surface area contributed by atoms with Crippen molar-refractivity contribution >= 4 is 35.6 Å². The molecule has 0 heterocycles. The van der Waals surface area contributed by atoms with Crippen molar-refractivity contribution in [2.24, 2.45) is 4.99 Å². The van der Waals surface area contributed by atoms with Crippen molar-refractivity contribution in [1.29, 1.82) is 0 Å². The molecule has 2 aromatic rings. The van der Waals surface area contributed by atoms with Crippen molar-refractivity contribution in [3.05, 3.63) is 53.6 Å². The molecule has 0 spiro atoms. The lowest BCUT2D eigenvalue weighted by Gasteiger charge is -2.17. The number of hydrogen-bond donors (Lipinski definition) is 2. The van der Waals surface area contributed by atoms with Crippen LogP contribution in [0.25, 0.3) is 0 Å². The molecule has 8 heteroatoms. The highest BCUT2D eigenvalue weighted by Crippen LogP contribution is 2.29. The first-order valence-electron chi connectivity index (χ1n) is 8.13. The van der Waals surface area contributed by atoms with E-state index in [-0.39, 0.29) is 29.9 Å². The summed E-state index contributed by atoms with van der Waals surface area (Å²) < 4.78 is 36.9. The van der Waals surface area contributed by atoms with E-state index in [2.05, 4.69) is 15.6 Å². The van der Waals surface area contributed by atoms with Gasteiger partial charge in [-0.15, -0.1) is 24.0 Å². The van der Waals surface area contributed by atoms with Crippen LogP contribution in [0.1, 0.15) is 18.4 Å². The number of anilines is 1. The molecule has 0 amide bonds. The van der Waals surface area contributed by atoms with Gasteiger partial charge in [-0.25, -0.2) is 8.78 Å². The van der Waals surface area contributed by atoms with Crippen LogP contribution in [0.5, 0.6) is 11.5 Å². The van der Waals surface area contributed by atoms with Gasteiger partial charge in [0.1, 0.15) is 0 Å². The molecule has 27 heavy (non-hydrogen) atoms. The third-order valence-corrected chi connectivity index (χ3v) is 3.96. The number of halogens is 3. The number of methoxy groups -OCH3 is 2. The van der Waals surface area contributed by atoms with Gasteiger partial charge >= 0.3 is 0 Å². The summed E-state index contributed by atoms with van der Waals surface area (Å²) in [5, 5.41) is 6.32. The van der Waals surface area contributed by atoms with Gasteiger partial charge in [0.15, 0.2) is 29.1 Å². The van der Waals surface area contributed by atoms with Gasteiger partial charge in [0, 0.05) is 25.3 Å². The largest absolute Gasteiger partial charge is 0.493 e. The quantitative estimate of drug-likeness (QED) is 0.358. The van der Waals surface area contributed by atoms with Gasteiger partial charge in [-0.05, 0) is 35.7 Å². The SMILES string of the molecule is CN=C(NCC(C)c1ccc(F)c(F)c1)Nc1ccc(OC)c(OC)c1.I. The fourth-order valence-electron chi connectivity index (χ4n) is 2.42. The Morgan fingerprint density at radius 1 is 1.04 bits per heavy atom. The summed E-state index contributed by atoms with van der Waals surface area (Å²) in [6.07, 6.45) is 0. The minimum Gasteiger partial charge on any atom is -0.493 e. The van der Waals surface area contributed by atoms with Gasteiger partial charge < -0.3 is 20.1 Å². The van der Waals surface area contributed by atoms with Crippen molar-refractivity contribution in [2.45, 2.75) is 12.8 Å². The van der Waals surface area contributed by atoms with Gasteiger partial charge in [-0.2, -0.15) is 0 Å². The first-order chi connectivity index (χ1) is 12.5. The van der Waals surface area contributed by atoms with Gasteiger partial charge in [0.25, 0.3) is 0 Å². The summed E-state index contributed by atoms with van der Waals surface area (Å²) in [5.74, 6) is 0.0544. The smallest absolute Gasteiger partial charge is 0.195 e. The van der Waals surface area contributed by atoms with Crippen LogP contribution in [0.2, 0.25) is 0 Å². The number of nitrogens with zero attached hydrogens (tertiary/aromatic N) is 1. The third kappa shape index (κ3) is 6.23. The molecule has 0 fully saturated rings. The minimum absolute atomic E-state index is 0. The van der Waals surface area contributed by atoms with Crippen LogP contribution in [0, 0.1) is 11.6 Å². The Labute approximate surface area is 175 Å². The molecule has 0 saturated heterocycles. The maximum Gasteiger partial charge on any atom is 0.195 e. The van der Waals surface area contributed by atoms with Crippen molar-refractivity contribution in [2.75, 3.05) is 33.1 Å². The van der Waals surface area contributed by atoms with Gasteiger partial charge in [-0.3, -0.25) is 4.99 Å². The predicted octanol–water partition coefficient (Wildman–Crippen LogP) is 4.39. The highest BCUT2D eigenvalue weighted by Gasteiger charge is 2.11.